The van der Waals surface area contributed by atoms with E-state index in [9.17, 15) is 8.42 Å². The Labute approximate surface area is 126 Å². The first kappa shape index (κ1) is 15.8. The minimum atomic E-state index is -3.38. The van der Waals surface area contributed by atoms with Crippen molar-refractivity contribution >= 4 is 9.84 Å². The van der Waals surface area contributed by atoms with Crippen LogP contribution in [-0.2, 0) is 22.1 Å². The molecule has 2 aromatic rings. The number of aryl methyl sites for hydroxylation is 2. The third kappa shape index (κ3) is 3.95. The average molecular weight is 307 g/mol. The van der Waals surface area contributed by atoms with Gasteiger partial charge in [0.15, 0.2) is 9.84 Å². The normalized spacial score (nSPS) is 11.8. The molecule has 0 aliphatic carbocycles. The Hall–Kier alpha value is -1.59. The summed E-state index contributed by atoms with van der Waals surface area (Å²) in [6, 6.07) is 8.91. The second-order valence-electron chi connectivity index (χ2n) is 5.18. The van der Waals surface area contributed by atoms with Gasteiger partial charge >= 0.3 is 0 Å². The lowest BCUT2D eigenvalue weighted by Gasteiger charge is -2.07. The van der Waals surface area contributed by atoms with E-state index in [-0.39, 0.29) is 5.75 Å². The van der Waals surface area contributed by atoms with Crippen molar-refractivity contribution in [2.24, 2.45) is 0 Å². The molecule has 5 heteroatoms. The quantitative estimate of drug-likeness (QED) is 0.891. The monoisotopic (exact) mass is 307 g/mol. The number of hydrogen-bond acceptors (Lipinski definition) is 4. The molecule has 0 saturated carbocycles. The van der Waals surface area contributed by atoms with Gasteiger partial charge in [-0.25, -0.2) is 8.42 Å². The molecule has 0 aliphatic heterocycles. The molecule has 114 valence electrons. The van der Waals surface area contributed by atoms with E-state index < -0.39 is 9.84 Å². The molecule has 0 unspecified atom stereocenters. The SMILES string of the molecule is CCNCc1ccc(CS(=O)(=O)c2ccc(C)cc2C)o1. The Morgan fingerprint density at radius 3 is 2.48 bits per heavy atom. The van der Waals surface area contributed by atoms with Gasteiger partial charge in [-0.3, -0.25) is 0 Å². The van der Waals surface area contributed by atoms with Gasteiger partial charge in [-0.2, -0.15) is 0 Å². The number of nitrogens with one attached hydrogen (secondary N) is 1. The molecule has 4 nitrogen and oxygen atoms in total. The summed E-state index contributed by atoms with van der Waals surface area (Å²) in [6.45, 7) is 7.23. The van der Waals surface area contributed by atoms with Gasteiger partial charge in [0.1, 0.15) is 17.3 Å². The highest BCUT2D eigenvalue weighted by Gasteiger charge is 2.19. The van der Waals surface area contributed by atoms with Gasteiger partial charge in [0.05, 0.1) is 11.4 Å². The Morgan fingerprint density at radius 1 is 1.10 bits per heavy atom. The van der Waals surface area contributed by atoms with E-state index in [0.717, 1.165) is 23.4 Å². The highest BCUT2D eigenvalue weighted by atomic mass is 32.2. The first-order valence-corrected chi connectivity index (χ1v) is 8.66. The van der Waals surface area contributed by atoms with E-state index in [4.69, 9.17) is 4.42 Å². The molecule has 0 amide bonds. The fourth-order valence-corrected chi connectivity index (χ4v) is 3.77. The number of sulfone groups is 1. The van der Waals surface area contributed by atoms with E-state index in [1.165, 1.54) is 0 Å². The molecule has 1 aromatic heterocycles. The third-order valence-corrected chi connectivity index (χ3v) is 5.06. The van der Waals surface area contributed by atoms with E-state index in [1.54, 1.807) is 12.1 Å². The Kier molecular flexibility index (Phi) is 4.85. The zero-order valence-electron chi connectivity index (χ0n) is 12.6. The summed E-state index contributed by atoms with van der Waals surface area (Å²) < 4.78 is 30.5. The van der Waals surface area contributed by atoms with Crippen LogP contribution in [0.4, 0.5) is 0 Å². The van der Waals surface area contributed by atoms with Crippen LogP contribution in [0.3, 0.4) is 0 Å². The first-order chi connectivity index (χ1) is 9.92. The molecule has 0 atom stereocenters. The maximum Gasteiger partial charge on any atom is 0.185 e. The van der Waals surface area contributed by atoms with Crippen molar-refractivity contribution in [3.8, 4) is 0 Å². The molecule has 1 N–H and O–H groups in total. The zero-order valence-corrected chi connectivity index (χ0v) is 13.5. The molecule has 2 rings (SSSR count). The van der Waals surface area contributed by atoms with Crippen LogP contribution in [0.25, 0.3) is 0 Å². The van der Waals surface area contributed by atoms with Gasteiger partial charge in [-0.15, -0.1) is 0 Å². The minimum absolute atomic E-state index is 0.108. The van der Waals surface area contributed by atoms with Crippen LogP contribution in [0.2, 0.25) is 0 Å². The van der Waals surface area contributed by atoms with Crippen LogP contribution in [-0.4, -0.2) is 15.0 Å². The Balaban J connectivity index is 2.19. The standard InChI is InChI=1S/C16H21NO3S/c1-4-17-10-14-6-7-15(20-14)11-21(18,19)16-8-5-12(2)9-13(16)3/h5-9,17H,4,10-11H2,1-3H3. The largest absolute Gasteiger partial charge is 0.464 e. The van der Waals surface area contributed by atoms with Gasteiger partial charge in [0.2, 0.25) is 0 Å². The Morgan fingerprint density at radius 2 is 1.81 bits per heavy atom. The summed E-state index contributed by atoms with van der Waals surface area (Å²) in [4.78, 5) is 0.373. The molecule has 1 aromatic carbocycles. The lowest BCUT2D eigenvalue weighted by atomic mass is 10.2. The number of furan rings is 1. The molecule has 1 heterocycles. The number of benzene rings is 1. The van der Waals surface area contributed by atoms with Crippen molar-refractivity contribution in [1.82, 2.24) is 5.32 Å². The maximum atomic E-state index is 12.5. The van der Waals surface area contributed by atoms with E-state index in [2.05, 4.69) is 5.32 Å². The van der Waals surface area contributed by atoms with Crippen molar-refractivity contribution in [2.45, 2.75) is 38.0 Å². The van der Waals surface area contributed by atoms with Gasteiger partial charge < -0.3 is 9.73 Å². The summed E-state index contributed by atoms with van der Waals surface area (Å²) >= 11 is 0. The number of hydrogen-bond donors (Lipinski definition) is 1. The van der Waals surface area contributed by atoms with Crippen molar-refractivity contribution in [3.63, 3.8) is 0 Å². The van der Waals surface area contributed by atoms with Crippen molar-refractivity contribution < 1.29 is 12.8 Å². The summed E-state index contributed by atoms with van der Waals surface area (Å²) in [5.41, 5.74) is 1.83. The zero-order chi connectivity index (χ0) is 15.5. The van der Waals surface area contributed by atoms with Gasteiger partial charge in [-0.1, -0.05) is 24.6 Å². The smallest absolute Gasteiger partial charge is 0.185 e. The van der Waals surface area contributed by atoms with Gasteiger partial charge in [0.25, 0.3) is 0 Å². The second kappa shape index (κ2) is 6.45. The Bertz CT molecular complexity index is 717. The molecular weight excluding hydrogens is 286 g/mol. The van der Waals surface area contributed by atoms with E-state index >= 15 is 0 Å². The highest BCUT2D eigenvalue weighted by molar-refractivity contribution is 7.90. The van der Waals surface area contributed by atoms with Crippen LogP contribution in [0.5, 0.6) is 0 Å². The fraction of sp³-hybridized carbons (Fsp3) is 0.375. The first-order valence-electron chi connectivity index (χ1n) is 7.00. The van der Waals surface area contributed by atoms with Crippen LogP contribution >= 0.6 is 0 Å². The molecule has 0 fully saturated rings. The van der Waals surface area contributed by atoms with E-state index in [1.807, 2.05) is 39.0 Å². The lowest BCUT2D eigenvalue weighted by Crippen LogP contribution is -2.11. The molecule has 0 radical (unpaired) electrons. The second-order valence-corrected chi connectivity index (χ2v) is 7.13. The van der Waals surface area contributed by atoms with Crippen LogP contribution < -0.4 is 5.32 Å². The van der Waals surface area contributed by atoms with Gasteiger partial charge in [0, 0.05) is 0 Å². The topological polar surface area (TPSA) is 59.3 Å². The molecule has 21 heavy (non-hydrogen) atoms. The lowest BCUT2D eigenvalue weighted by molar-refractivity contribution is 0.459. The fourth-order valence-electron chi connectivity index (χ4n) is 2.26. The third-order valence-electron chi connectivity index (χ3n) is 3.26. The van der Waals surface area contributed by atoms with Crippen LogP contribution in [0, 0.1) is 13.8 Å². The maximum absolute atomic E-state index is 12.5. The van der Waals surface area contributed by atoms with Crippen molar-refractivity contribution in [3.05, 3.63) is 53.0 Å². The summed E-state index contributed by atoms with van der Waals surface area (Å²) in [5.74, 6) is 1.12. The molecular formula is C16H21NO3S. The van der Waals surface area contributed by atoms with Crippen LogP contribution in [0.1, 0.15) is 29.6 Å². The molecule has 0 saturated heterocycles. The van der Waals surface area contributed by atoms with E-state index in [0.29, 0.717) is 17.2 Å². The summed E-state index contributed by atoms with van der Waals surface area (Å²) in [6.07, 6.45) is 0. The van der Waals surface area contributed by atoms with Crippen molar-refractivity contribution in [2.75, 3.05) is 6.54 Å². The average Bonchev–Trinajstić information content (AvgIpc) is 2.82. The molecule has 0 bridgehead atoms. The minimum Gasteiger partial charge on any atom is -0.464 e. The highest BCUT2D eigenvalue weighted by Crippen LogP contribution is 2.22. The summed E-state index contributed by atoms with van der Waals surface area (Å²) in [7, 11) is -3.38. The predicted molar refractivity (Wildman–Crippen MR) is 82.9 cm³/mol. The van der Waals surface area contributed by atoms with Crippen molar-refractivity contribution in [1.29, 1.82) is 0 Å². The van der Waals surface area contributed by atoms with Gasteiger partial charge in [-0.05, 0) is 44.2 Å². The molecule has 0 spiro atoms. The van der Waals surface area contributed by atoms with Crippen LogP contribution in [0.15, 0.2) is 39.6 Å². The number of rotatable bonds is 6. The predicted octanol–water partition coefficient (Wildman–Crippen LogP) is 2.98. The summed E-state index contributed by atoms with van der Waals surface area (Å²) in [5, 5.41) is 3.14. The molecule has 0 aliphatic rings.